The lowest BCUT2D eigenvalue weighted by molar-refractivity contribution is -0.109. The van der Waals surface area contributed by atoms with Crippen LogP contribution in [0.1, 0.15) is 34.5 Å². The molecule has 5 nitrogen and oxygen atoms in total. The predicted octanol–water partition coefficient (Wildman–Crippen LogP) is 1.37. The lowest BCUT2D eigenvalue weighted by Gasteiger charge is -2.19. The lowest BCUT2D eigenvalue weighted by atomic mass is 9.97. The number of carboxylic acids is 1. The average molecular weight is 284 g/mol. The summed E-state index contributed by atoms with van der Waals surface area (Å²) < 4.78 is 0. The summed E-state index contributed by atoms with van der Waals surface area (Å²) in [5.41, 5.74) is 0.857. The molecule has 6 heteroatoms. The van der Waals surface area contributed by atoms with Crippen molar-refractivity contribution in [1.82, 2.24) is 0 Å². The van der Waals surface area contributed by atoms with Crippen molar-refractivity contribution in [3.8, 4) is 0 Å². The van der Waals surface area contributed by atoms with Crippen molar-refractivity contribution >= 4 is 22.8 Å². The number of carbonyl (C=O) groups is 2. The first kappa shape index (κ1) is 15.7. The third-order valence-electron chi connectivity index (χ3n) is 2.58. The van der Waals surface area contributed by atoms with E-state index in [-0.39, 0.29) is 22.0 Å². The van der Waals surface area contributed by atoms with E-state index in [1.807, 2.05) is 0 Å². The summed E-state index contributed by atoms with van der Waals surface area (Å²) in [4.78, 5) is 21.9. The van der Waals surface area contributed by atoms with Crippen LogP contribution in [0, 0.1) is 6.92 Å². The highest BCUT2D eigenvalue weighted by atomic mass is 32.2. The molecule has 0 saturated carbocycles. The summed E-state index contributed by atoms with van der Waals surface area (Å²) in [5.74, 6) is -1.15. The van der Waals surface area contributed by atoms with E-state index in [9.17, 15) is 19.8 Å². The van der Waals surface area contributed by atoms with E-state index >= 15 is 0 Å². The highest BCUT2D eigenvalue weighted by molar-refractivity contribution is 8.13. The fourth-order valence-corrected chi connectivity index (χ4v) is 2.20. The molecule has 1 rings (SSSR count). The molecule has 2 unspecified atom stereocenters. The number of rotatable bonds is 5. The van der Waals surface area contributed by atoms with Crippen molar-refractivity contribution in [2.75, 3.05) is 5.75 Å². The number of carboxylic acid groups (broad SMARTS) is 1. The number of thioether (sulfide) groups is 1. The molecule has 3 N–H and O–H groups in total. The Labute approximate surface area is 115 Å². The largest absolute Gasteiger partial charge is 0.478 e. The van der Waals surface area contributed by atoms with Gasteiger partial charge in [0.05, 0.1) is 11.7 Å². The van der Waals surface area contributed by atoms with E-state index in [2.05, 4.69) is 0 Å². The van der Waals surface area contributed by atoms with Crippen molar-refractivity contribution in [3.63, 3.8) is 0 Å². The molecule has 1 aromatic carbocycles. The van der Waals surface area contributed by atoms with Crippen molar-refractivity contribution < 1.29 is 24.9 Å². The summed E-state index contributed by atoms with van der Waals surface area (Å²) in [6, 6.07) is 4.58. The van der Waals surface area contributed by atoms with Gasteiger partial charge in [-0.2, -0.15) is 0 Å². The number of aliphatic hydroxyl groups is 2. The highest BCUT2D eigenvalue weighted by Gasteiger charge is 2.24. The Balaban J connectivity index is 2.95. The second-order valence-corrected chi connectivity index (χ2v) is 5.41. The summed E-state index contributed by atoms with van der Waals surface area (Å²) in [7, 11) is 0. The van der Waals surface area contributed by atoms with Crippen LogP contribution in [-0.2, 0) is 4.79 Å². The predicted molar refractivity (Wildman–Crippen MR) is 72.2 cm³/mol. The monoisotopic (exact) mass is 284 g/mol. The molecule has 0 radical (unpaired) electrons. The molecule has 0 aliphatic carbocycles. The normalized spacial score (nSPS) is 13.9. The zero-order valence-electron chi connectivity index (χ0n) is 10.7. The Morgan fingerprint density at radius 3 is 2.47 bits per heavy atom. The van der Waals surface area contributed by atoms with Crippen LogP contribution >= 0.6 is 11.8 Å². The molecule has 0 aliphatic heterocycles. The van der Waals surface area contributed by atoms with Crippen molar-refractivity contribution in [2.24, 2.45) is 0 Å². The standard InChI is InChI=1S/C13H16O5S/c1-7-3-4-9(10(5-7)13(17)18)12(16)11(15)6-19-8(2)14/h3-5,11-12,15-16H,6H2,1-2H3,(H,17,18). The molecule has 0 aliphatic rings. The lowest BCUT2D eigenvalue weighted by Crippen LogP contribution is -2.23. The summed E-state index contributed by atoms with van der Waals surface area (Å²) in [6.07, 6.45) is -2.53. The number of hydrogen-bond acceptors (Lipinski definition) is 5. The molecule has 2 atom stereocenters. The molecule has 0 aromatic heterocycles. The van der Waals surface area contributed by atoms with Gasteiger partial charge in [0.2, 0.25) is 0 Å². The van der Waals surface area contributed by atoms with E-state index in [0.29, 0.717) is 0 Å². The van der Waals surface area contributed by atoms with Crippen molar-refractivity contribution in [3.05, 3.63) is 34.9 Å². The first-order chi connectivity index (χ1) is 8.82. The summed E-state index contributed by atoms with van der Waals surface area (Å²) in [5, 5.41) is 28.7. The van der Waals surface area contributed by atoms with E-state index < -0.39 is 18.2 Å². The van der Waals surface area contributed by atoms with E-state index in [1.165, 1.54) is 19.1 Å². The van der Waals surface area contributed by atoms with Crippen LogP contribution in [0.25, 0.3) is 0 Å². The van der Waals surface area contributed by atoms with Crippen LogP contribution in [0.15, 0.2) is 18.2 Å². The van der Waals surface area contributed by atoms with Crippen LogP contribution in [0.5, 0.6) is 0 Å². The maximum Gasteiger partial charge on any atom is 0.336 e. The molecule has 0 saturated heterocycles. The van der Waals surface area contributed by atoms with Gasteiger partial charge in [0.1, 0.15) is 6.10 Å². The molecule has 1 aromatic rings. The van der Waals surface area contributed by atoms with Gasteiger partial charge >= 0.3 is 5.97 Å². The number of hydrogen-bond donors (Lipinski definition) is 3. The Hall–Kier alpha value is -1.37. The second kappa shape index (κ2) is 6.70. The fraction of sp³-hybridized carbons (Fsp3) is 0.385. The minimum Gasteiger partial charge on any atom is -0.478 e. The SMILES string of the molecule is CC(=O)SCC(O)C(O)c1ccc(C)cc1C(=O)O. The topological polar surface area (TPSA) is 94.8 Å². The minimum absolute atomic E-state index is 0.0173. The smallest absolute Gasteiger partial charge is 0.336 e. The van der Waals surface area contributed by atoms with Crippen LogP contribution < -0.4 is 0 Å². The molecule has 0 bridgehead atoms. The van der Waals surface area contributed by atoms with Gasteiger partial charge in [-0.1, -0.05) is 29.5 Å². The molecule has 0 fully saturated rings. The molecular weight excluding hydrogens is 268 g/mol. The number of aliphatic hydroxyl groups excluding tert-OH is 2. The number of carbonyl (C=O) groups excluding carboxylic acids is 1. The van der Waals surface area contributed by atoms with E-state index in [4.69, 9.17) is 5.11 Å². The Bertz CT molecular complexity index is 486. The van der Waals surface area contributed by atoms with Gasteiger partial charge in [0.25, 0.3) is 0 Å². The first-order valence-electron chi connectivity index (χ1n) is 5.66. The van der Waals surface area contributed by atoms with Crippen LogP contribution in [0.3, 0.4) is 0 Å². The van der Waals surface area contributed by atoms with Gasteiger partial charge in [-0.25, -0.2) is 4.79 Å². The summed E-state index contributed by atoms with van der Waals surface area (Å²) >= 11 is 0.883. The number of aryl methyl sites for hydroxylation is 1. The first-order valence-corrected chi connectivity index (χ1v) is 6.64. The number of benzene rings is 1. The maximum absolute atomic E-state index is 11.1. The molecule has 0 spiro atoms. The Kier molecular flexibility index (Phi) is 5.53. The van der Waals surface area contributed by atoms with Gasteiger partial charge in [-0.3, -0.25) is 4.79 Å². The van der Waals surface area contributed by atoms with Crippen LogP contribution in [-0.4, -0.2) is 38.3 Å². The maximum atomic E-state index is 11.1. The minimum atomic E-state index is -1.33. The van der Waals surface area contributed by atoms with Crippen LogP contribution in [0.2, 0.25) is 0 Å². The fourth-order valence-electron chi connectivity index (χ4n) is 1.61. The zero-order chi connectivity index (χ0) is 14.6. The van der Waals surface area contributed by atoms with E-state index in [0.717, 1.165) is 17.3 Å². The number of aromatic carboxylic acids is 1. The van der Waals surface area contributed by atoms with Gasteiger partial charge in [-0.15, -0.1) is 0 Å². The van der Waals surface area contributed by atoms with Crippen molar-refractivity contribution in [1.29, 1.82) is 0 Å². The second-order valence-electron chi connectivity index (χ2n) is 4.21. The summed E-state index contributed by atoms with van der Waals surface area (Å²) in [6.45, 7) is 3.10. The van der Waals surface area contributed by atoms with Crippen LogP contribution in [0.4, 0.5) is 0 Å². The third kappa shape index (κ3) is 4.34. The highest BCUT2D eigenvalue weighted by Crippen LogP contribution is 2.24. The van der Waals surface area contributed by atoms with Gasteiger partial charge in [-0.05, 0) is 18.6 Å². The zero-order valence-corrected chi connectivity index (χ0v) is 11.5. The Morgan fingerprint density at radius 1 is 1.32 bits per heavy atom. The molecular formula is C13H16O5S. The quantitative estimate of drug-likeness (QED) is 0.756. The van der Waals surface area contributed by atoms with Gasteiger partial charge < -0.3 is 15.3 Å². The molecule has 104 valence electrons. The molecule has 19 heavy (non-hydrogen) atoms. The van der Waals surface area contributed by atoms with Gasteiger partial charge in [0.15, 0.2) is 5.12 Å². The van der Waals surface area contributed by atoms with Crippen molar-refractivity contribution in [2.45, 2.75) is 26.1 Å². The average Bonchev–Trinajstić information content (AvgIpc) is 2.34. The molecule has 0 heterocycles. The Morgan fingerprint density at radius 2 is 1.95 bits per heavy atom. The van der Waals surface area contributed by atoms with Gasteiger partial charge in [0, 0.05) is 12.7 Å². The molecule has 0 amide bonds. The van der Waals surface area contributed by atoms with E-state index in [1.54, 1.807) is 13.0 Å². The third-order valence-corrected chi connectivity index (χ3v) is 3.49.